The van der Waals surface area contributed by atoms with Crippen LogP contribution in [-0.2, 0) is 20.5 Å². The molecule has 26 heavy (non-hydrogen) atoms. The Morgan fingerprint density at radius 2 is 1.77 bits per heavy atom. The maximum Gasteiger partial charge on any atom is 0.416 e. The number of benzene rings is 2. The zero-order valence-electron chi connectivity index (χ0n) is 13.2. The number of hydrogen-bond donors (Lipinski definition) is 1. The van der Waals surface area contributed by atoms with Crippen molar-refractivity contribution in [3.63, 3.8) is 0 Å². The highest BCUT2D eigenvalue weighted by Gasteiger charge is 2.30. The van der Waals surface area contributed by atoms with E-state index in [2.05, 4.69) is 10.1 Å². The van der Waals surface area contributed by atoms with Gasteiger partial charge in [0.25, 0.3) is 5.91 Å². The number of ether oxygens (including phenoxy) is 1. The number of hydrogen-bond acceptors (Lipinski definition) is 3. The van der Waals surface area contributed by atoms with Gasteiger partial charge >= 0.3 is 12.1 Å². The number of alkyl halides is 3. The third-order valence-corrected chi connectivity index (χ3v) is 3.10. The summed E-state index contributed by atoms with van der Waals surface area (Å²) in [7, 11) is 0. The predicted octanol–water partition coefficient (Wildman–Crippen LogP) is 4.04. The summed E-state index contributed by atoms with van der Waals surface area (Å²) in [5.74, 6) is -2.03. The second-order valence-electron chi connectivity index (χ2n) is 5.12. The van der Waals surface area contributed by atoms with E-state index in [9.17, 15) is 27.2 Å². The quantitative estimate of drug-likeness (QED) is 0.493. The lowest BCUT2D eigenvalue weighted by Gasteiger charge is -2.09. The second-order valence-corrected chi connectivity index (χ2v) is 5.12. The zero-order valence-corrected chi connectivity index (χ0v) is 13.2. The van der Waals surface area contributed by atoms with Gasteiger partial charge in [-0.2, -0.15) is 13.2 Å². The standard InChI is InChI=1S/C18H13F4NO3/c19-14-7-4-12(5-8-14)6-9-17(25)26-11-16(24)23-15-3-1-2-13(10-15)18(20,21)22/h1-10H,11H2,(H,23,24). The van der Waals surface area contributed by atoms with Crippen molar-refractivity contribution in [2.45, 2.75) is 6.18 Å². The van der Waals surface area contributed by atoms with Crippen LogP contribution in [0.5, 0.6) is 0 Å². The lowest BCUT2D eigenvalue weighted by molar-refractivity contribution is -0.142. The Bertz CT molecular complexity index is 814. The lowest BCUT2D eigenvalue weighted by atomic mass is 10.2. The first-order valence-corrected chi connectivity index (χ1v) is 7.31. The maximum absolute atomic E-state index is 12.7. The van der Waals surface area contributed by atoms with Gasteiger partial charge in [-0.15, -0.1) is 0 Å². The van der Waals surface area contributed by atoms with Gasteiger partial charge in [-0.05, 0) is 42.0 Å². The van der Waals surface area contributed by atoms with Gasteiger partial charge in [0.05, 0.1) is 5.56 Å². The van der Waals surface area contributed by atoms with E-state index in [0.717, 1.165) is 24.3 Å². The number of rotatable bonds is 5. The molecule has 0 spiro atoms. The molecule has 0 aliphatic heterocycles. The van der Waals surface area contributed by atoms with Crippen LogP contribution in [0.15, 0.2) is 54.6 Å². The molecule has 136 valence electrons. The van der Waals surface area contributed by atoms with E-state index in [1.165, 1.54) is 36.4 Å². The van der Waals surface area contributed by atoms with Gasteiger partial charge in [0.1, 0.15) is 5.82 Å². The average Bonchev–Trinajstić information content (AvgIpc) is 2.59. The van der Waals surface area contributed by atoms with Gasteiger partial charge in [-0.1, -0.05) is 18.2 Å². The van der Waals surface area contributed by atoms with E-state index >= 15 is 0 Å². The largest absolute Gasteiger partial charge is 0.452 e. The minimum atomic E-state index is -4.53. The number of esters is 1. The van der Waals surface area contributed by atoms with Crippen molar-refractivity contribution >= 4 is 23.6 Å². The highest BCUT2D eigenvalue weighted by atomic mass is 19.4. The Morgan fingerprint density at radius 3 is 2.42 bits per heavy atom. The minimum Gasteiger partial charge on any atom is -0.452 e. The molecular formula is C18H13F4NO3. The van der Waals surface area contributed by atoms with Crippen molar-refractivity contribution in [3.05, 3.63) is 71.6 Å². The number of anilines is 1. The first-order chi connectivity index (χ1) is 12.2. The Kier molecular flexibility index (Phi) is 6.11. The fraction of sp³-hybridized carbons (Fsp3) is 0.111. The van der Waals surface area contributed by atoms with E-state index in [1.54, 1.807) is 0 Å². The van der Waals surface area contributed by atoms with Crippen molar-refractivity contribution < 1.29 is 31.9 Å². The number of carbonyl (C=O) groups is 2. The van der Waals surface area contributed by atoms with Crippen LogP contribution in [0.3, 0.4) is 0 Å². The highest BCUT2D eigenvalue weighted by molar-refractivity contribution is 5.94. The van der Waals surface area contributed by atoms with Gasteiger partial charge in [0.2, 0.25) is 0 Å². The van der Waals surface area contributed by atoms with Crippen LogP contribution in [0.1, 0.15) is 11.1 Å². The van der Waals surface area contributed by atoms with Crippen LogP contribution in [0, 0.1) is 5.82 Å². The Balaban J connectivity index is 1.85. The van der Waals surface area contributed by atoms with Crippen molar-refractivity contribution in [2.24, 2.45) is 0 Å². The maximum atomic E-state index is 12.7. The van der Waals surface area contributed by atoms with Crippen LogP contribution < -0.4 is 5.32 Å². The van der Waals surface area contributed by atoms with Crippen LogP contribution in [0.25, 0.3) is 6.08 Å². The summed E-state index contributed by atoms with van der Waals surface area (Å²) in [5.41, 5.74) is -0.422. The molecule has 4 nitrogen and oxygen atoms in total. The summed E-state index contributed by atoms with van der Waals surface area (Å²) in [6.45, 7) is -0.664. The molecule has 0 aromatic heterocycles. The van der Waals surface area contributed by atoms with Gasteiger partial charge in [-0.3, -0.25) is 4.79 Å². The van der Waals surface area contributed by atoms with Crippen LogP contribution in [0.2, 0.25) is 0 Å². The number of halogens is 4. The second kappa shape index (κ2) is 8.28. The molecule has 2 aromatic carbocycles. The molecule has 0 saturated carbocycles. The minimum absolute atomic E-state index is 0.0669. The van der Waals surface area contributed by atoms with Gasteiger partial charge in [-0.25, -0.2) is 9.18 Å². The van der Waals surface area contributed by atoms with Crippen molar-refractivity contribution in [3.8, 4) is 0 Å². The van der Waals surface area contributed by atoms with E-state index in [1.807, 2.05) is 0 Å². The normalized spacial score (nSPS) is 11.4. The summed E-state index contributed by atoms with van der Waals surface area (Å²) in [5, 5.41) is 2.21. The molecule has 0 aliphatic rings. The van der Waals surface area contributed by atoms with E-state index in [-0.39, 0.29) is 5.69 Å². The van der Waals surface area contributed by atoms with Gasteiger partial charge in [0, 0.05) is 11.8 Å². The summed E-state index contributed by atoms with van der Waals surface area (Å²) in [4.78, 5) is 23.2. The third-order valence-electron chi connectivity index (χ3n) is 3.10. The van der Waals surface area contributed by atoms with Crippen LogP contribution in [-0.4, -0.2) is 18.5 Å². The van der Waals surface area contributed by atoms with Crippen molar-refractivity contribution in [2.75, 3.05) is 11.9 Å². The first kappa shape index (κ1) is 19.2. The topological polar surface area (TPSA) is 55.4 Å². The molecule has 0 bridgehead atoms. The van der Waals surface area contributed by atoms with E-state index < -0.39 is 36.0 Å². The molecule has 0 saturated heterocycles. The van der Waals surface area contributed by atoms with Crippen molar-refractivity contribution in [1.82, 2.24) is 0 Å². The molecular weight excluding hydrogens is 354 g/mol. The van der Waals surface area contributed by atoms with Crippen molar-refractivity contribution in [1.29, 1.82) is 0 Å². The third kappa shape index (κ3) is 6.04. The monoisotopic (exact) mass is 367 g/mol. The Hall–Kier alpha value is -3.16. The SMILES string of the molecule is O=C(COC(=O)C=Cc1ccc(F)cc1)Nc1cccc(C(F)(F)F)c1. The van der Waals surface area contributed by atoms with Gasteiger partial charge in [0.15, 0.2) is 6.61 Å². The van der Waals surface area contributed by atoms with Gasteiger partial charge < -0.3 is 10.1 Å². The molecule has 1 N–H and O–H groups in total. The highest BCUT2D eigenvalue weighted by Crippen LogP contribution is 2.30. The zero-order chi connectivity index (χ0) is 19.2. The molecule has 0 unspecified atom stereocenters. The predicted molar refractivity (Wildman–Crippen MR) is 86.5 cm³/mol. The first-order valence-electron chi connectivity index (χ1n) is 7.31. The Morgan fingerprint density at radius 1 is 1.08 bits per heavy atom. The molecule has 0 radical (unpaired) electrons. The fourth-order valence-electron chi connectivity index (χ4n) is 1.89. The number of nitrogens with one attached hydrogen (secondary N) is 1. The number of amides is 1. The average molecular weight is 367 g/mol. The summed E-state index contributed by atoms with van der Waals surface area (Å²) < 4.78 is 55.2. The molecule has 0 heterocycles. The molecule has 0 atom stereocenters. The van der Waals surface area contributed by atoms with E-state index in [4.69, 9.17) is 0 Å². The molecule has 0 aliphatic carbocycles. The fourth-order valence-corrected chi connectivity index (χ4v) is 1.89. The Labute approximate surface area is 146 Å². The summed E-state index contributed by atoms with van der Waals surface area (Å²) in [6, 6.07) is 9.39. The molecule has 2 rings (SSSR count). The summed E-state index contributed by atoms with van der Waals surface area (Å²) >= 11 is 0. The molecule has 2 aromatic rings. The van der Waals surface area contributed by atoms with Crippen LogP contribution in [0.4, 0.5) is 23.2 Å². The molecule has 0 fully saturated rings. The summed E-state index contributed by atoms with van der Waals surface area (Å²) in [6.07, 6.45) is -2.12. The molecule has 1 amide bonds. The van der Waals surface area contributed by atoms with Crippen LogP contribution >= 0.6 is 0 Å². The smallest absolute Gasteiger partial charge is 0.416 e. The van der Waals surface area contributed by atoms with E-state index in [0.29, 0.717) is 5.56 Å². The lowest BCUT2D eigenvalue weighted by Crippen LogP contribution is -2.20. The number of carbonyl (C=O) groups excluding carboxylic acids is 2. The molecule has 8 heteroatoms.